The maximum atomic E-state index is 4.55. The van der Waals surface area contributed by atoms with E-state index in [9.17, 15) is 0 Å². The van der Waals surface area contributed by atoms with E-state index in [1.165, 1.54) is 31.2 Å². The highest BCUT2D eigenvalue weighted by molar-refractivity contribution is 5.44. The summed E-state index contributed by atoms with van der Waals surface area (Å²) < 4.78 is 1.85. The van der Waals surface area contributed by atoms with Gasteiger partial charge < -0.3 is 5.32 Å². The van der Waals surface area contributed by atoms with Gasteiger partial charge in [-0.1, -0.05) is 32.8 Å². The summed E-state index contributed by atoms with van der Waals surface area (Å²) >= 11 is 0. The molecule has 0 amide bonds. The number of hydrogen-bond donors (Lipinski definition) is 1. The molecule has 1 fully saturated rings. The van der Waals surface area contributed by atoms with Crippen LogP contribution in [0, 0.1) is 12.3 Å². The van der Waals surface area contributed by atoms with E-state index in [0.717, 1.165) is 11.6 Å². The monoisotopic (exact) mass is 258 g/mol. The second-order valence-electron chi connectivity index (χ2n) is 6.38. The van der Waals surface area contributed by atoms with E-state index < -0.39 is 0 Å². The Morgan fingerprint density at radius 3 is 2.95 bits per heavy atom. The predicted octanol–water partition coefficient (Wildman–Crippen LogP) is 3.42. The van der Waals surface area contributed by atoms with Crippen LogP contribution < -0.4 is 5.32 Å². The lowest BCUT2D eigenvalue weighted by Crippen LogP contribution is -2.39. The molecule has 1 aliphatic rings. The Labute approximate surface area is 114 Å². The molecule has 4 nitrogen and oxygen atoms in total. The van der Waals surface area contributed by atoms with Gasteiger partial charge in [0.25, 0.3) is 0 Å². The highest BCUT2D eigenvalue weighted by Crippen LogP contribution is 2.36. The van der Waals surface area contributed by atoms with Gasteiger partial charge in [-0.3, -0.25) is 0 Å². The smallest absolute Gasteiger partial charge is 0.243 e. The van der Waals surface area contributed by atoms with Crippen LogP contribution in [0.3, 0.4) is 0 Å². The first kappa shape index (κ1) is 12.5. The maximum absolute atomic E-state index is 4.55. The molecule has 1 atom stereocenters. The Bertz CT molecular complexity index is 585. The van der Waals surface area contributed by atoms with Crippen molar-refractivity contribution in [2.45, 2.75) is 52.5 Å². The fraction of sp³-hybridized carbons (Fsp3) is 0.600. The van der Waals surface area contributed by atoms with E-state index in [4.69, 9.17) is 0 Å². The highest BCUT2D eigenvalue weighted by atomic mass is 15.3. The molecule has 0 spiro atoms. The number of hydrogen-bond acceptors (Lipinski definition) is 3. The quantitative estimate of drug-likeness (QED) is 0.897. The number of nitrogens with zero attached hydrogens (tertiary/aromatic N) is 3. The van der Waals surface area contributed by atoms with Gasteiger partial charge in [0, 0.05) is 12.2 Å². The summed E-state index contributed by atoms with van der Waals surface area (Å²) in [5.41, 5.74) is 2.43. The Morgan fingerprint density at radius 2 is 2.16 bits per heavy atom. The Kier molecular flexibility index (Phi) is 2.96. The molecule has 1 aliphatic carbocycles. The minimum Gasteiger partial charge on any atom is -0.350 e. The van der Waals surface area contributed by atoms with Gasteiger partial charge >= 0.3 is 0 Å². The maximum Gasteiger partial charge on any atom is 0.243 e. The zero-order valence-electron chi connectivity index (χ0n) is 12.0. The van der Waals surface area contributed by atoms with E-state index in [0.29, 0.717) is 11.5 Å². The number of aryl methyl sites for hydroxylation is 1. The van der Waals surface area contributed by atoms with Crippen molar-refractivity contribution < 1.29 is 0 Å². The SMILES string of the molecule is Cc1ccc2nc(NC3CCCCC3(C)C)nn2c1. The number of pyridine rings is 1. The highest BCUT2D eigenvalue weighted by Gasteiger charge is 2.32. The first-order valence-corrected chi connectivity index (χ1v) is 7.14. The zero-order chi connectivity index (χ0) is 13.5. The second-order valence-corrected chi connectivity index (χ2v) is 6.38. The van der Waals surface area contributed by atoms with Crippen LogP contribution in [0.1, 0.15) is 45.1 Å². The molecule has 2 aromatic heterocycles. The number of rotatable bonds is 2. The standard InChI is InChI=1S/C15H22N4/c1-11-7-8-13-17-14(18-19(13)10-11)16-12-6-4-5-9-15(12,2)3/h7-8,10,12H,4-6,9H2,1-3H3,(H,16,18). The lowest BCUT2D eigenvalue weighted by molar-refractivity contribution is 0.216. The van der Waals surface area contributed by atoms with Crippen molar-refractivity contribution >= 4 is 11.6 Å². The summed E-state index contributed by atoms with van der Waals surface area (Å²) in [6, 6.07) is 4.55. The molecule has 2 heterocycles. The van der Waals surface area contributed by atoms with Crippen molar-refractivity contribution in [3.05, 3.63) is 23.9 Å². The van der Waals surface area contributed by atoms with Crippen molar-refractivity contribution in [1.82, 2.24) is 14.6 Å². The van der Waals surface area contributed by atoms with Crippen molar-refractivity contribution in [1.29, 1.82) is 0 Å². The van der Waals surface area contributed by atoms with Crippen molar-refractivity contribution in [2.24, 2.45) is 5.41 Å². The molecule has 0 aliphatic heterocycles. The minimum absolute atomic E-state index is 0.325. The Morgan fingerprint density at radius 1 is 1.32 bits per heavy atom. The minimum atomic E-state index is 0.325. The molecule has 0 aromatic carbocycles. The molecule has 0 bridgehead atoms. The van der Waals surface area contributed by atoms with Gasteiger partial charge in [0.1, 0.15) is 0 Å². The molecule has 19 heavy (non-hydrogen) atoms. The fourth-order valence-electron chi connectivity index (χ4n) is 2.96. The summed E-state index contributed by atoms with van der Waals surface area (Å²) in [6.07, 6.45) is 7.13. The average molecular weight is 258 g/mol. The van der Waals surface area contributed by atoms with Crippen LogP contribution in [-0.4, -0.2) is 20.6 Å². The third-order valence-electron chi connectivity index (χ3n) is 4.29. The molecule has 1 unspecified atom stereocenters. The molecule has 2 aromatic rings. The molecule has 4 heteroatoms. The predicted molar refractivity (Wildman–Crippen MR) is 77.4 cm³/mol. The summed E-state index contributed by atoms with van der Waals surface area (Å²) in [4.78, 5) is 4.55. The van der Waals surface area contributed by atoms with Crippen molar-refractivity contribution in [3.8, 4) is 0 Å². The van der Waals surface area contributed by atoms with Crippen LogP contribution in [0.15, 0.2) is 18.3 Å². The van der Waals surface area contributed by atoms with Crippen LogP contribution >= 0.6 is 0 Å². The molecule has 1 N–H and O–H groups in total. The van der Waals surface area contributed by atoms with Crippen LogP contribution in [0.4, 0.5) is 5.95 Å². The molecule has 0 saturated heterocycles. The summed E-state index contributed by atoms with van der Waals surface area (Å²) in [7, 11) is 0. The molecule has 102 valence electrons. The van der Waals surface area contributed by atoms with Crippen LogP contribution in [0.5, 0.6) is 0 Å². The van der Waals surface area contributed by atoms with Gasteiger partial charge in [-0.15, -0.1) is 5.10 Å². The van der Waals surface area contributed by atoms with E-state index >= 15 is 0 Å². The van der Waals surface area contributed by atoms with Gasteiger partial charge in [0.15, 0.2) is 5.65 Å². The van der Waals surface area contributed by atoms with Crippen molar-refractivity contribution in [3.63, 3.8) is 0 Å². The number of aromatic nitrogens is 3. The van der Waals surface area contributed by atoms with E-state index in [-0.39, 0.29) is 0 Å². The van der Waals surface area contributed by atoms with Gasteiger partial charge in [-0.2, -0.15) is 4.98 Å². The molecule has 3 rings (SSSR count). The van der Waals surface area contributed by atoms with Gasteiger partial charge in [0.2, 0.25) is 5.95 Å². The van der Waals surface area contributed by atoms with Crippen LogP contribution in [-0.2, 0) is 0 Å². The molecule has 1 saturated carbocycles. The number of anilines is 1. The van der Waals surface area contributed by atoms with E-state index in [1.54, 1.807) is 0 Å². The van der Waals surface area contributed by atoms with Gasteiger partial charge in [0.05, 0.1) is 0 Å². The topological polar surface area (TPSA) is 42.2 Å². The number of nitrogens with one attached hydrogen (secondary N) is 1. The number of fused-ring (bicyclic) bond motifs is 1. The zero-order valence-corrected chi connectivity index (χ0v) is 12.0. The normalized spacial score (nSPS) is 22.6. The molecule has 0 radical (unpaired) electrons. The van der Waals surface area contributed by atoms with E-state index in [1.807, 2.05) is 16.8 Å². The van der Waals surface area contributed by atoms with Gasteiger partial charge in [-0.05, 0) is 36.8 Å². The summed E-state index contributed by atoms with van der Waals surface area (Å²) in [6.45, 7) is 6.74. The first-order valence-electron chi connectivity index (χ1n) is 7.14. The molecular weight excluding hydrogens is 236 g/mol. The van der Waals surface area contributed by atoms with Crippen molar-refractivity contribution in [2.75, 3.05) is 5.32 Å². The molecular formula is C15H22N4. The lowest BCUT2D eigenvalue weighted by atomic mass is 9.73. The third kappa shape index (κ3) is 2.44. The third-order valence-corrected chi connectivity index (χ3v) is 4.29. The largest absolute Gasteiger partial charge is 0.350 e. The lowest BCUT2D eigenvalue weighted by Gasteiger charge is -2.38. The van der Waals surface area contributed by atoms with E-state index in [2.05, 4.69) is 42.2 Å². The van der Waals surface area contributed by atoms with Crippen LogP contribution in [0.2, 0.25) is 0 Å². The van der Waals surface area contributed by atoms with Gasteiger partial charge in [-0.25, -0.2) is 4.52 Å². The average Bonchev–Trinajstić information content (AvgIpc) is 2.73. The summed E-state index contributed by atoms with van der Waals surface area (Å²) in [5, 5.41) is 8.06. The first-order chi connectivity index (χ1) is 9.04. The van der Waals surface area contributed by atoms with Crippen LogP contribution in [0.25, 0.3) is 5.65 Å². The second kappa shape index (κ2) is 4.51. The summed E-state index contributed by atoms with van der Waals surface area (Å²) in [5.74, 6) is 0.755. The fourth-order valence-corrected chi connectivity index (χ4v) is 2.96. The Hall–Kier alpha value is -1.58. The Balaban J connectivity index is 1.84.